The van der Waals surface area contributed by atoms with E-state index < -0.39 is 0 Å². The molecule has 1 heterocycles. The van der Waals surface area contributed by atoms with E-state index in [0.717, 1.165) is 32.3 Å². The molecule has 1 aliphatic rings. The molecule has 0 unspecified atom stereocenters. The summed E-state index contributed by atoms with van der Waals surface area (Å²) in [6.07, 6.45) is 8.19. The fraction of sp³-hybridized carbons (Fsp3) is 0.714. The van der Waals surface area contributed by atoms with E-state index >= 15 is 0 Å². The lowest BCUT2D eigenvalue weighted by molar-refractivity contribution is -0.168. The van der Waals surface area contributed by atoms with Crippen molar-refractivity contribution in [2.24, 2.45) is 0 Å². The van der Waals surface area contributed by atoms with Crippen LogP contribution in [0.1, 0.15) is 46.5 Å². The minimum Gasteiger partial charge on any atom is -0.353 e. The van der Waals surface area contributed by atoms with Gasteiger partial charge in [0.1, 0.15) is 0 Å². The van der Waals surface area contributed by atoms with Gasteiger partial charge in [-0.2, -0.15) is 0 Å². The highest BCUT2D eigenvalue weighted by atomic mass is 16.7. The molecule has 1 saturated heterocycles. The van der Waals surface area contributed by atoms with Crippen LogP contribution < -0.4 is 0 Å². The van der Waals surface area contributed by atoms with Gasteiger partial charge in [0.2, 0.25) is 0 Å². The molecule has 0 aromatic heterocycles. The first-order chi connectivity index (χ1) is 7.56. The van der Waals surface area contributed by atoms with Crippen molar-refractivity contribution < 1.29 is 9.47 Å². The fourth-order valence-corrected chi connectivity index (χ4v) is 1.80. The Morgan fingerprint density at radius 2 is 2.31 bits per heavy atom. The Balaban J connectivity index is 2.41. The molecule has 0 aromatic carbocycles. The summed E-state index contributed by atoms with van der Waals surface area (Å²) in [6, 6.07) is 0. The molecule has 2 heteroatoms. The van der Waals surface area contributed by atoms with Crippen LogP contribution >= 0.6 is 0 Å². The lowest BCUT2D eigenvalue weighted by Crippen LogP contribution is -2.31. The van der Waals surface area contributed by atoms with E-state index in [2.05, 4.69) is 33.4 Å². The van der Waals surface area contributed by atoms with Crippen molar-refractivity contribution in [1.82, 2.24) is 0 Å². The minimum atomic E-state index is -0.263. The van der Waals surface area contributed by atoms with Gasteiger partial charge in [0.05, 0.1) is 5.60 Å². The Morgan fingerprint density at radius 3 is 2.81 bits per heavy atom. The number of rotatable bonds is 6. The zero-order chi connectivity index (χ0) is 12.0. The summed E-state index contributed by atoms with van der Waals surface area (Å²) in [5.74, 6) is 0. The summed E-state index contributed by atoms with van der Waals surface area (Å²) in [5, 5.41) is 0. The predicted molar refractivity (Wildman–Crippen MR) is 67.3 cm³/mol. The van der Waals surface area contributed by atoms with Crippen LogP contribution in [0.5, 0.6) is 0 Å². The largest absolute Gasteiger partial charge is 0.353 e. The second kappa shape index (κ2) is 6.21. The quantitative estimate of drug-likeness (QED) is 0.638. The summed E-state index contributed by atoms with van der Waals surface area (Å²) in [7, 11) is 0. The summed E-state index contributed by atoms with van der Waals surface area (Å²) in [6.45, 7) is 11.0. The van der Waals surface area contributed by atoms with Crippen molar-refractivity contribution in [3.8, 4) is 0 Å². The molecule has 0 N–H and O–H groups in total. The SMILES string of the molecule is C=C[C@](C)(CCC=C(C)C)O[C@H]1CCCO1. The Hall–Kier alpha value is -0.600. The Labute approximate surface area is 99.3 Å². The van der Waals surface area contributed by atoms with Crippen molar-refractivity contribution in [3.63, 3.8) is 0 Å². The van der Waals surface area contributed by atoms with E-state index in [1.54, 1.807) is 0 Å². The first-order valence-electron chi connectivity index (χ1n) is 6.12. The average Bonchev–Trinajstić information content (AvgIpc) is 2.69. The number of hydrogen-bond donors (Lipinski definition) is 0. The molecule has 1 fully saturated rings. The molecular weight excluding hydrogens is 200 g/mol. The molecule has 0 bridgehead atoms. The smallest absolute Gasteiger partial charge is 0.158 e. The lowest BCUT2D eigenvalue weighted by Gasteiger charge is -2.29. The van der Waals surface area contributed by atoms with Crippen LogP contribution in [0.3, 0.4) is 0 Å². The fourth-order valence-electron chi connectivity index (χ4n) is 1.80. The van der Waals surface area contributed by atoms with E-state index in [4.69, 9.17) is 9.47 Å². The van der Waals surface area contributed by atoms with E-state index in [-0.39, 0.29) is 11.9 Å². The first-order valence-corrected chi connectivity index (χ1v) is 6.12. The third-order valence-corrected chi connectivity index (χ3v) is 2.91. The maximum Gasteiger partial charge on any atom is 0.158 e. The van der Waals surface area contributed by atoms with Crippen LogP contribution in [0.25, 0.3) is 0 Å². The molecule has 0 aliphatic carbocycles. The van der Waals surface area contributed by atoms with Crippen LogP contribution in [0, 0.1) is 0 Å². The topological polar surface area (TPSA) is 18.5 Å². The molecule has 16 heavy (non-hydrogen) atoms. The normalized spacial score (nSPS) is 23.8. The predicted octanol–water partition coefficient (Wildman–Crippen LogP) is 3.83. The highest BCUT2D eigenvalue weighted by molar-refractivity contribution is 4.99. The van der Waals surface area contributed by atoms with Crippen molar-refractivity contribution in [2.45, 2.75) is 58.3 Å². The summed E-state index contributed by atoms with van der Waals surface area (Å²) in [4.78, 5) is 0. The van der Waals surface area contributed by atoms with Crippen LogP contribution in [0.4, 0.5) is 0 Å². The molecule has 1 aliphatic heterocycles. The Kier molecular flexibility index (Phi) is 5.23. The van der Waals surface area contributed by atoms with Crippen LogP contribution in [0.15, 0.2) is 24.3 Å². The summed E-state index contributed by atoms with van der Waals surface area (Å²) >= 11 is 0. The number of hydrogen-bond acceptors (Lipinski definition) is 2. The Morgan fingerprint density at radius 1 is 1.56 bits per heavy atom. The molecular formula is C14H24O2. The molecule has 2 nitrogen and oxygen atoms in total. The molecule has 0 spiro atoms. The van der Waals surface area contributed by atoms with E-state index in [9.17, 15) is 0 Å². The van der Waals surface area contributed by atoms with Gasteiger partial charge in [0.15, 0.2) is 6.29 Å². The zero-order valence-electron chi connectivity index (χ0n) is 10.8. The molecule has 0 radical (unpaired) electrons. The van der Waals surface area contributed by atoms with Gasteiger partial charge in [-0.15, -0.1) is 6.58 Å². The Bertz CT molecular complexity index is 247. The van der Waals surface area contributed by atoms with Crippen molar-refractivity contribution >= 4 is 0 Å². The van der Waals surface area contributed by atoms with Crippen molar-refractivity contribution in [3.05, 3.63) is 24.3 Å². The highest BCUT2D eigenvalue weighted by Crippen LogP contribution is 2.26. The van der Waals surface area contributed by atoms with Gasteiger partial charge in [-0.3, -0.25) is 0 Å². The third kappa shape index (κ3) is 4.50. The van der Waals surface area contributed by atoms with Gasteiger partial charge >= 0.3 is 0 Å². The first kappa shape index (κ1) is 13.5. The van der Waals surface area contributed by atoms with Gasteiger partial charge < -0.3 is 9.47 Å². The average molecular weight is 224 g/mol. The van der Waals surface area contributed by atoms with E-state index in [1.807, 2.05) is 6.08 Å². The zero-order valence-corrected chi connectivity index (χ0v) is 10.8. The van der Waals surface area contributed by atoms with E-state index in [0.29, 0.717) is 0 Å². The van der Waals surface area contributed by atoms with E-state index in [1.165, 1.54) is 5.57 Å². The van der Waals surface area contributed by atoms with Gasteiger partial charge in [0.25, 0.3) is 0 Å². The maximum absolute atomic E-state index is 5.96. The van der Waals surface area contributed by atoms with Gasteiger partial charge in [-0.05, 0) is 40.0 Å². The molecule has 0 amide bonds. The third-order valence-electron chi connectivity index (χ3n) is 2.91. The van der Waals surface area contributed by atoms with Crippen LogP contribution in [-0.4, -0.2) is 18.5 Å². The monoisotopic (exact) mass is 224 g/mol. The standard InChI is InChI=1S/C14H24O2/c1-5-14(4,10-6-8-12(2)3)16-13-9-7-11-15-13/h5,8,13H,1,6-7,9-11H2,2-4H3/t13-,14+/m0/s1. The minimum absolute atomic E-state index is 0.0327. The molecule has 2 atom stereocenters. The number of ether oxygens (including phenoxy) is 2. The second-order valence-electron chi connectivity index (χ2n) is 4.90. The second-order valence-corrected chi connectivity index (χ2v) is 4.90. The molecule has 92 valence electrons. The van der Waals surface area contributed by atoms with Crippen LogP contribution in [-0.2, 0) is 9.47 Å². The molecule has 1 rings (SSSR count). The summed E-state index contributed by atoms with van der Waals surface area (Å²) < 4.78 is 11.5. The number of allylic oxidation sites excluding steroid dienone is 2. The van der Waals surface area contributed by atoms with Crippen molar-refractivity contribution in [2.75, 3.05) is 6.61 Å². The van der Waals surface area contributed by atoms with Crippen molar-refractivity contribution in [1.29, 1.82) is 0 Å². The summed E-state index contributed by atoms with van der Waals surface area (Å²) in [5.41, 5.74) is 1.09. The van der Waals surface area contributed by atoms with Crippen LogP contribution in [0.2, 0.25) is 0 Å². The molecule has 0 aromatic rings. The maximum atomic E-state index is 5.96. The van der Waals surface area contributed by atoms with Gasteiger partial charge in [0, 0.05) is 13.0 Å². The lowest BCUT2D eigenvalue weighted by atomic mass is 9.99. The van der Waals surface area contributed by atoms with Gasteiger partial charge in [-0.25, -0.2) is 0 Å². The highest BCUT2D eigenvalue weighted by Gasteiger charge is 2.27. The molecule has 0 saturated carbocycles. The van der Waals surface area contributed by atoms with Gasteiger partial charge in [-0.1, -0.05) is 17.7 Å².